The molecule has 4 nitrogen and oxygen atoms in total. The number of carbonyl (C=O) groups is 1. The fourth-order valence-electron chi connectivity index (χ4n) is 1.31. The fraction of sp³-hybridized carbons (Fsp3) is 0.364. The predicted molar refractivity (Wildman–Crippen MR) is 61.9 cm³/mol. The molecule has 1 aromatic rings. The SMILES string of the molecule is CCOC(=O)Cc1cnc(C(F)F)c(Br)c1C#N. The Morgan fingerprint density at radius 3 is 2.83 bits per heavy atom. The van der Waals surface area contributed by atoms with Gasteiger partial charge in [0.25, 0.3) is 6.43 Å². The summed E-state index contributed by atoms with van der Waals surface area (Å²) in [5.41, 5.74) is -0.278. The van der Waals surface area contributed by atoms with Gasteiger partial charge in [-0.15, -0.1) is 0 Å². The van der Waals surface area contributed by atoms with Crippen molar-refractivity contribution in [1.82, 2.24) is 4.98 Å². The molecule has 18 heavy (non-hydrogen) atoms. The molecule has 0 unspecified atom stereocenters. The second-order valence-corrected chi connectivity index (χ2v) is 4.04. The van der Waals surface area contributed by atoms with Gasteiger partial charge in [0.05, 0.1) is 23.1 Å². The quantitative estimate of drug-likeness (QED) is 0.801. The van der Waals surface area contributed by atoms with Gasteiger partial charge < -0.3 is 4.74 Å². The average Bonchev–Trinajstić information content (AvgIpc) is 2.29. The van der Waals surface area contributed by atoms with Crippen LogP contribution in [0.25, 0.3) is 0 Å². The minimum absolute atomic E-state index is 0.0200. The van der Waals surface area contributed by atoms with Crippen LogP contribution in [0.3, 0.4) is 0 Å². The molecule has 0 bridgehead atoms. The third-order valence-electron chi connectivity index (χ3n) is 2.08. The molecule has 0 aliphatic heterocycles. The molecule has 0 aromatic carbocycles. The number of hydrogen-bond acceptors (Lipinski definition) is 4. The number of rotatable bonds is 4. The zero-order chi connectivity index (χ0) is 13.7. The summed E-state index contributed by atoms with van der Waals surface area (Å²) in [5.74, 6) is -0.535. The highest BCUT2D eigenvalue weighted by molar-refractivity contribution is 9.10. The number of halogens is 3. The Morgan fingerprint density at radius 2 is 2.33 bits per heavy atom. The van der Waals surface area contributed by atoms with Gasteiger partial charge in [-0.05, 0) is 22.9 Å². The van der Waals surface area contributed by atoms with E-state index in [0.717, 1.165) is 6.20 Å². The van der Waals surface area contributed by atoms with Crippen LogP contribution in [0.4, 0.5) is 8.78 Å². The number of aromatic nitrogens is 1. The smallest absolute Gasteiger partial charge is 0.310 e. The van der Waals surface area contributed by atoms with Crippen LogP contribution >= 0.6 is 15.9 Å². The average molecular weight is 319 g/mol. The molecular weight excluding hydrogens is 310 g/mol. The van der Waals surface area contributed by atoms with E-state index in [0.29, 0.717) is 0 Å². The molecule has 0 radical (unpaired) electrons. The van der Waals surface area contributed by atoms with Gasteiger partial charge in [-0.1, -0.05) is 0 Å². The van der Waals surface area contributed by atoms with Crippen molar-refractivity contribution in [3.8, 4) is 6.07 Å². The highest BCUT2D eigenvalue weighted by Gasteiger charge is 2.20. The van der Waals surface area contributed by atoms with Crippen molar-refractivity contribution in [2.24, 2.45) is 0 Å². The first-order valence-corrected chi connectivity index (χ1v) is 5.81. The lowest BCUT2D eigenvalue weighted by Gasteiger charge is -2.08. The maximum Gasteiger partial charge on any atom is 0.310 e. The number of ether oxygens (including phenoxy) is 1. The third-order valence-corrected chi connectivity index (χ3v) is 2.89. The van der Waals surface area contributed by atoms with E-state index in [2.05, 4.69) is 20.9 Å². The maximum atomic E-state index is 12.6. The minimum atomic E-state index is -2.79. The molecule has 0 amide bonds. The number of pyridine rings is 1. The van der Waals surface area contributed by atoms with Crippen LogP contribution in [-0.2, 0) is 16.0 Å². The molecule has 0 spiro atoms. The molecule has 96 valence electrons. The monoisotopic (exact) mass is 318 g/mol. The van der Waals surface area contributed by atoms with Crippen molar-refractivity contribution in [2.75, 3.05) is 6.61 Å². The van der Waals surface area contributed by atoms with E-state index < -0.39 is 18.1 Å². The predicted octanol–water partition coefficient (Wildman–Crippen LogP) is 2.76. The van der Waals surface area contributed by atoms with Crippen molar-refractivity contribution < 1.29 is 18.3 Å². The summed E-state index contributed by atoms with van der Waals surface area (Å²) < 4.78 is 29.8. The van der Waals surface area contributed by atoms with Crippen molar-refractivity contribution in [3.63, 3.8) is 0 Å². The Hall–Kier alpha value is -1.55. The Morgan fingerprint density at radius 1 is 1.67 bits per heavy atom. The van der Waals surface area contributed by atoms with Gasteiger partial charge in [-0.2, -0.15) is 5.26 Å². The van der Waals surface area contributed by atoms with Crippen LogP contribution in [0.1, 0.15) is 30.2 Å². The molecule has 1 rings (SSSR count). The van der Waals surface area contributed by atoms with E-state index >= 15 is 0 Å². The molecule has 0 N–H and O–H groups in total. The van der Waals surface area contributed by atoms with Gasteiger partial charge in [0.1, 0.15) is 11.8 Å². The molecule has 1 heterocycles. The van der Waals surface area contributed by atoms with Crippen LogP contribution in [0.15, 0.2) is 10.7 Å². The van der Waals surface area contributed by atoms with Crippen molar-refractivity contribution in [3.05, 3.63) is 27.5 Å². The summed E-state index contributed by atoms with van der Waals surface area (Å²) in [5, 5.41) is 8.94. The summed E-state index contributed by atoms with van der Waals surface area (Å²) >= 11 is 2.90. The number of esters is 1. The van der Waals surface area contributed by atoms with Crippen LogP contribution in [0.2, 0.25) is 0 Å². The zero-order valence-electron chi connectivity index (χ0n) is 9.41. The lowest BCUT2D eigenvalue weighted by Crippen LogP contribution is -2.10. The Labute approximate surface area is 111 Å². The van der Waals surface area contributed by atoms with E-state index in [9.17, 15) is 13.6 Å². The van der Waals surface area contributed by atoms with E-state index in [1.807, 2.05) is 0 Å². The second-order valence-electron chi connectivity index (χ2n) is 3.25. The summed E-state index contributed by atoms with van der Waals surface area (Å²) in [6.45, 7) is 1.86. The Balaban J connectivity index is 3.12. The van der Waals surface area contributed by atoms with E-state index in [1.54, 1.807) is 13.0 Å². The van der Waals surface area contributed by atoms with Crippen molar-refractivity contribution in [2.45, 2.75) is 19.8 Å². The highest BCUT2D eigenvalue weighted by Crippen LogP contribution is 2.29. The van der Waals surface area contributed by atoms with Gasteiger partial charge in [0, 0.05) is 11.8 Å². The van der Waals surface area contributed by atoms with Gasteiger partial charge in [0.2, 0.25) is 0 Å². The summed E-state index contributed by atoms with van der Waals surface area (Å²) in [4.78, 5) is 14.8. The first-order chi connectivity index (χ1) is 8.51. The lowest BCUT2D eigenvalue weighted by atomic mass is 10.1. The van der Waals surface area contributed by atoms with Gasteiger partial charge in [-0.3, -0.25) is 9.78 Å². The molecule has 0 aliphatic rings. The minimum Gasteiger partial charge on any atom is -0.466 e. The van der Waals surface area contributed by atoms with Crippen molar-refractivity contribution in [1.29, 1.82) is 5.26 Å². The molecule has 0 saturated carbocycles. The molecule has 0 fully saturated rings. The van der Waals surface area contributed by atoms with Gasteiger partial charge in [-0.25, -0.2) is 8.78 Å². The van der Waals surface area contributed by atoms with Crippen LogP contribution in [-0.4, -0.2) is 17.6 Å². The first-order valence-electron chi connectivity index (χ1n) is 5.02. The standard InChI is InChI=1S/C11H9BrF2N2O2/c1-2-18-8(17)3-6-5-16-10(11(13)14)9(12)7(6)4-15/h5,11H,2-3H2,1H3. The first kappa shape index (κ1) is 14.5. The molecule has 0 aliphatic carbocycles. The van der Waals surface area contributed by atoms with E-state index in [-0.39, 0.29) is 28.6 Å². The number of nitrogens with zero attached hydrogens (tertiary/aromatic N) is 2. The maximum absolute atomic E-state index is 12.6. The highest BCUT2D eigenvalue weighted by atomic mass is 79.9. The number of carbonyl (C=O) groups excluding carboxylic acids is 1. The lowest BCUT2D eigenvalue weighted by molar-refractivity contribution is -0.142. The largest absolute Gasteiger partial charge is 0.466 e. The molecular formula is C11H9BrF2N2O2. The van der Waals surface area contributed by atoms with E-state index in [4.69, 9.17) is 10.00 Å². The second kappa shape index (κ2) is 6.40. The summed E-state index contributed by atoms with van der Waals surface area (Å²) in [7, 11) is 0. The topological polar surface area (TPSA) is 63.0 Å². The molecule has 1 aromatic heterocycles. The zero-order valence-corrected chi connectivity index (χ0v) is 11.0. The number of nitriles is 1. The van der Waals surface area contributed by atoms with Crippen LogP contribution < -0.4 is 0 Å². The fourth-order valence-corrected chi connectivity index (χ4v) is 1.93. The van der Waals surface area contributed by atoms with Crippen LogP contribution in [0.5, 0.6) is 0 Å². The summed E-state index contributed by atoms with van der Waals surface area (Å²) in [6, 6.07) is 1.78. The number of alkyl halides is 2. The number of hydrogen-bond donors (Lipinski definition) is 0. The third kappa shape index (κ3) is 3.23. The molecule has 0 saturated heterocycles. The van der Waals surface area contributed by atoms with Crippen molar-refractivity contribution >= 4 is 21.9 Å². The van der Waals surface area contributed by atoms with Gasteiger partial charge in [0.15, 0.2) is 0 Å². The molecule has 0 atom stereocenters. The van der Waals surface area contributed by atoms with Crippen LogP contribution in [0, 0.1) is 11.3 Å². The Kier molecular flexibility index (Phi) is 5.16. The van der Waals surface area contributed by atoms with Gasteiger partial charge >= 0.3 is 5.97 Å². The normalized spacial score (nSPS) is 10.2. The Bertz CT molecular complexity index is 501. The summed E-state index contributed by atoms with van der Waals surface area (Å²) in [6.07, 6.45) is -1.86. The van der Waals surface area contributed by atoms with E-state index in [1.165, 1.54) is 0 Å². The molecule has 7 heteroatoms.